The SMILES string of the molecule is COC(=O)C[NH2+][C@H](c1ccccc1)c1cc(Br)ccc1NC(=O)[C@@H]1CCCN1C(=O)OCc1ccccc1. The molecule has 4 rings (SSSR count). The summed E-state index contributed by atoms with van der Waals surface area (Å²) in [5, 5.41) is 4.92. The molecule has 3 aromatic rings. The van der Waals surface area contributed by atoms with Crippen molar-refractivity contribution < 1.29 is 29.2 Å². The number of quaternary nitrogens is 1. The molecule has 1 fully saturated rings. The van der Waals surface area contributed by atoms with Gasteiger partial charge in [0, 0.05) is 22.1 Å². The maximum Gasteiger partial charge on any atom is 0.410 e. The molecular weight excluding hydrogens is 550 g/mol. The van der Waals surface area contributed by atoms with E-state index in [2.05, 4.69) is 21.2 Å². The Labute approximate surface area is 230 Å². The largest absolute Gasteiger partial charge is 0.465 e. The average molecular weight is 581 g/mol. The van der Waals surface area contributed by atoms with Crippen LogP contribution in [-0.4, -0.2) is 49.1 Å². The first-order valence-electron chi connectivity index (χ1n) is 12.5. The van der Waals surface area contributed by atoms with Crippen LogP contribution in [0.2, 0.25) is 0 Å². The number of halogens is 1. The molecule has 0 aromatic heterocycles. The second-order valence-corrected chi connectivity index (χ2v) is 9.93. The second kappa shape index (κ2) is 13.2. The first-order chi connectivity index (χ1) is 18.5. The monoisotopic (exact) mass is 580 g/mol. The highest BCUT2D eigenvalue weighted by Gasteiger charge is 2.36. The Kier molecular flexibility index (Phi) is 9.51. The first kappa shape index (κ1) is 27.3. The second-order valence-electron chi connectivity index (χ2n) is 9.02. The zero-order chi connectivity index (χ0) is 26.9. The van der Waals surface area contributed by atoms with Crippen LogP contribution in [-0.2, 0) is 25.7 Å². The summed E-state index contributed by atoms with van der Waals surface area (Å²) in [6, 6.07) is 23.9. The van der Waals surface area contributed by atoms with Crippen molar-refractivity contribution in [3.05, 3.63) is 100 Å². The van der Waals surface area contributed by atoms with Gasteiger partial charge in [0.15, 0.2) is 6.54 Å². The summed E-state index contributed by atoms with van der Waals surface area (Å²) in [6.07, 6.45) is 0.760. The molecule has 0 bridgehead atoms. The van der Waals surface area contributed by atoms with E-state index in [1.807, 2.05) is 84.2 Å². The Balaban J connectivity index is 1.52. The zero-order valence-electron chi connectivity index (χ0n) is 21.1. The van der Waals surface area contributed by atoms with Crippen LogP contribution in [0.1, 0.15) is 35.6 Å². The normalized spacial score (nSPS) is 15.5. The van der Waals surface area contributed by atoms with E-state index in [0.29, 0.717) is 25.1 Å². The van der Waals surface area contributed by atoms with Crippen molar-refractivity contribution in [1.82, 2.24) is 4.90 Å². The lowest BCUT2D eigenvalue weighted by Crippen LogP contribution is -2.87. The van der Waals surface area contributed by atoms with Crippen molar-refractivity contribution in [3.8, 4) is 0 Å². The summed E-state index contributed by atoms with van der Waals surface area (Å²) in [5.74, 6) is -0.621. The minimum Gasteiger partial charge on any atom is -0.465 e. The lowest BCUT2D eigenvalue weighted by atomic mass is 9.96. The molecule has 8 nitrogen and oxygen atoms in total. The Hall–Kier alpha value is -3.69. The van der Waals surface area contributed by atoms with Gasteiger partial charge < -0.3 is 20.1 Å². The molecule has 2 atom stereocenters. The molecule has 198 valence electrons. The summed E-state index contributed by atoms with van der Waals surface area (Å²) < 4.78 is 11.2. The number of hydrogen-bond acceptors (Lipinski definition) is 5. The van der Waals surface area contributed by atoms with Crippen LogP contribution >= 0.6 is 15.9 Å². The van der Waals surface area contributed by atoms with E-state index in [1.54, 1.807) is 0 Å². The Morgan fingerprint density at radius 2 is 1.76 bits per heavy atom. The molecule has 3 aromatic carbocycles. The zero-order valence-corrected chi connectivity index (χ0v) is 22.7. The molecule has 0 spiro atoms. The van der Waals surface area contributed by atoms with Crippen molar-refractivity contribution in [2.24, 2.45) is 0 Å². The number of nitrogens with one attached hydrogen (secondary N) is 1. The number of carbonyl (C=O) groups is 3. The number of esters is 1. The fraction of sp³-hybridized carbons (Fsp3) is 0.276. The van der Waals surface area contributed by atoms with E-state index < -0.39 is 12.1 Å². The van der Waals surface area contributed by atoms with Crippen molar-refractivity contribution in [1.29, 1.82) is 0 Å². The van der Waals surface area contributed by atoms with Crippen LogP contribution in [0, 0.1) is 0 Å². The van der Waals surface area contributed by atoms with E-state index in [4.69, 9.17) is 9.47 Å². The molecule has 0 aliphatic carbocycles. The molecule has 9 heteroatoms. The molecule has 1 saturated heterocycles. The number of amides is 2. The number of ether oxygens (including phenoxy) is 2. The molecule has 3 N–H and O–H groups in total. The highest BCUT2D eigenvalue weighted by atomic mass is 79.9. The Bertz CT molecular complexity index is 1260. The van der Waals surface area contributed by atoms with Crippen molar-refractivity contribution in [2.75, 3.05) is 25.5 Å². The summed E-state index contributed by atoms with van der Waals surface area (Å²) in [5.41, 5.74) is 3.28. The van der Waals surface area contributed by atoms with Gasteiger partial charge in [0.1, 0.15) is 18.7 Å². The van der Waals surface area contributed by atoms with Gasteiger partial charge >= 0.3 is 12.1 Å². The summed E-state index contributed by atoms with van der Waals surface area (Å²) in [6.45, 7) is 0.716. The van der Waals surface area contributed by atoms with Gasteiger partial charge in [-0.1, -0.05) is 76.6 Å². The van der Waals surface area contributed by atoms with E-state index in [0.717, 1.165) is 21.2 Å². The maximum atomic E-state index is 13.5. The van der Waals surface area contributed by atoms with E-state index >= 15 is 0 Å². The van der Waals surface area contributed by atoms with Gasteiger partial charge in [-0.05, 0) is 36.6 Å². The Morgan fingerprint density at radius 1 is 1.05 bits per heavy atom. The molecule has 1 aliphatic heterocycles. The lowest BCUT2D eigenvalue weighted by Gasteiger charge is -2.25. The molecule has 0 saturated carbocycles. The Morgan fingerprint density at radius 3 is 2.47 bits per heavy atom. The van der Waals surface area contributed by atoms with Crippen LogP contribution in [0.5, 0.6) is 0 Å². The number of carbonyl (C=O) groups excluding carboxylic acids is 3. The molecule has 1 aliphatic rings. The molecule has 0 unspecified atom stereocenters. The number of likely N-dealkylation sites (tertiary alicyclic amines) is 1. The number of benzene rings is 3. The fourth-order valence-electron chi connectivity index (χ4n) is 4.58. The van der Waals surface area contributed by atoms with E-state index in [-0.39, 0.29) is 31.1 Å². The van der Waals surface area contributed by atoms with Crippen molar-refractivity contribution >= 4 is 39.6 Å². The third-order valence-electron chi connectivity index (χ3n) is 6.51. The summed E-state index contributed by atoms with van der Waals surface area (Å²) in [7, 11) is 1.36. The third kappa shape index (κ3) is 6.99. The highest BCUT2D eigenvalue weighted by molar-refractivity contribution is 9.10. The van der Waals surface area contributed by atoms with Crippen LogP contribution in [0.15, 0.2) is 83.3 Å². The van der Waals surface area contributed by atoms with Crippen molar-refractivity contribution in [3.63, 3.8) is 0 Å². The standard InChI is InChI=1S/C29H30BrN3O5/c1-37-26(34)18-31-27(21-11-6-3-7-12-21)23-17-22(30)14-15-24(23)32-28(35)25-13-8-16-33(25)29(36)38-19-20-9-4-2-5-10-20/h2-7,9-12,14-15,17,25,27,31H,8,13,16,18-19H2,1H3,(H,32,35)/p+1/t25-,27+/m0/s1. The van der Waals surface area contributed by atoms with Gasteiger partial charge in [0.25, 0.3) is 0 Å². The quantitative estimate of drug-likeness (QED) is 0.372. The third-order valence-corrected chi connectivity index (χ3v) is 7.00. The fourth-order valence-corrected chi connectivity index (χ4v) is 4.96. The minimum absolute atomic E-state index is 0.111. The number of rotatable bonds is 9. The number of nitrogens with zero attached hydrogens (tertiary/aromatic N) is 1. The van der Waals surface area contributed by atoms with Gasteiger partial charge in [0.2, 0.25) is 5.91 Å². The predicted octanol–water partition coefficient (Wildman–Crippen LogP) is 4.01. The number of anilines is 1. The van der Waals surface area contributed by atoms with Gasteiger partial charge in [0.05, 0.1) is 12.8 Å². The summed E-state index contributed by atoms with van der Waals surface area (Å²) >= 11 is 3.54. The lowest BCUT2D eigenvalue weighted by molar-refractivity contribution is -0.677. The molecule has 1 heterocycles. The smallest absolute Gasteiger partial charge is 0.410 e. The van der Waals surface area contributed by atoms with Crippen LogP contribution in [0.25, 0.3) is 0 Å². The number of hydrogen-bond donors (Lipinski definition) is 2. The van der Waals surface area contributed by atoms with Crippen molar-refractivity contribution in [2.45, 2.75) is 31.5 Å². The molecule has 38 heavy (non-hydrogen) atoms. The first-order valence-corrected chi connectivity index (χ1v) is 13.3. The van der Waals surface area contributed by atoms with Gasteiger partial charge in [-0.2, -0.15) is 0 Å². The molecular formula is C29H31BrN3O5+. The van der Waals surface area contributed by atoms with Gasteiger partial charge in [-0.3, -0.25) is 9.69 Å². The average Bonchev–Trinajstić information content (AvgIpc) is 3.44. The van der Waals surface area contributed by atoms with Crippen LogP contribution in [0.4, 0.5) is 10.5 Å². The maximum absolute atomic E-state index is 13.5. The van der Waals surface area contributed by atoms with Crippen LogP contribution in [0.3, 0.4) is 0 Å². The van der Waals surface area contributed by atoms with Gasteiger partial charge in [-0.25, -0.2) is 9.59 Å². The predicted molar refractivity (Wildman–Crippen MR) is 146 cm³/mol. The molecule has 2 amide bonds. The minimum atomic E-state index is -0.635. The van der Waals surface area contributed by atoms with E-state index in [9.17, 15) is 14.4 Å². The molecule has 0 radical (unpaired) electrons. The highest BCUT2D eigenvalue weighted by Crippen LogP contribution is 2.30. The topological polar surface area (TPSA) is 102 Å². The van der Waals surface area contributed by atoms with Gasteiger partial charge in [-0.15, -0.1) is 0 Å². The van der Waals surface area contributed by atoms with E-state index in [1.165, 1.54) is 12.0 Å². The number of nitrogens with two attached hydrogens (primary N) is 1. The number of methoxy groups -OCH3 is 1. The summed E-state index contributed by atoms with van der Waals surface area (Å²) in [4.78, 5) is 39.7. The van der Waals surface area contributed by atoms with Crippen LogP contribution < -0.4 is 10.6 Å².